The van der Waals surface area contributed by atoms with Crippen molar-refractivity contribution in [2.24, 2.45) is 5.41 Å². The number of para-hydroxylation sites is 1. The third-order valence-corrected chi connectivity index (χ3v) is 5.05. The van der Waals surface area contributed by atoms with E-state index < -0.39 is 0 Å². The topological polar surface area (TPSA) is 61.0 Å². The molecule has 2 N–H and O–H groups in total. The quantitative estimate of drug-likeness (QED) is 0.874. The number of amides is 1. The summed E-state index contributed by atoms with van der Waals surface area (Å²) < 4.78 is 0. The number of hydrogen-bond acceptors (Lipinski definition) is 3. The van der Waals surface area contributed by atoms with Gasteiger partial charge in [0.15, 0.2) is 0 Å². The number of hydrogen-bond donors (Lipinski definition) is 2. The lowest BCUT2D eigenvalue weighted by Crippen LogP contribution is -2.58. The average Bonchev–Trinajstić information content (AvgIpc) is 2.89. The molecule has 4 rings (SSSR count). The molecule has 1 amide bonds. The molecule has 110 valence electrons. The van der Waals surface area contributed by atoms with Crippen LogP contribution in [0, 0.1) is 5.41 Å². The first-order valence-corrected chi connectivity index (χ1v) is 7.66. The number of benzene rings is 1. The molecule has 2 saturated heterocycles. The molecular formula is C16H20N4O. The number of fused-ring (bicyclic) bond motifs is 1. The Hall–Kier alpha value is -1.88. The van der Waals surface area contributed by atoms with E-state index in [1.165, 1.54) is 0 Å². The summed E-state index contributed by atoms with van der Waals surface area (Å²) in [6.45, 7) is 4.04. The summed E-state index contributed by atoms with van der Waals surface area (Å²) >= 11 is 0. The van der Waals surface area contributed by atoms with Crippen molar-refractivity contribution >= 4 is 16.8 Å². The summed E-state index contributed by atoms with van der Waals surface area (Å²) in [7, 11) is 0. The van der Waals surface area contributed by atoms with Crippen molar-refractivity contribution < 1.29 is 4.79 Å². The predicted molar refractivity (Wildman–Crippen MR) is 80.9 cm³/mol. The number of rotatable bonds is 2. The van der Waals surface area contributed by atoms with Gasteiger partial charge in [-0.3, -0.25) is 9.89 Å². The van der Waals surface area contributed by atoms with E-state index in [-0.39, 0.29) is 5.91 Å². The lowest BCUT2D eigenvalue weighted by atomic mass is 9.73. The predicted octanol–water partition coefficient (Wildman–Crippen LogP) is 1.32. The van der Waals surface area contributed by atoms with Crippen LogP contribution in [0.1, 0.15) is 18.5 Å². The van der Waals surface area contributed by atoms with Gasteiger partial charge in [-0.25, -0.2) is 0 Å². The van der Waals surface area contributed by atoms with E-state index in [0.717, 1.165) is 55.6 Å². The van der Waals surface area contributed by atoms with E-state index >= 15 is 0 Å². The van der Waals surface area contributed by atoms with Crippen LogP contribution < -0.4 is 5.32 Å². The van der Waals surface area contributed by atoms with Crippen LogP contribution in [0.4, 0.5) is 0 Å². The van der Waals surface area contributed by atoms with Crippen LogP contribution in [0.3, 0.4) is 0 Å². The van der Waals surface area contributed by atoms with Gasteiger partial charge in [0.1, 0.15) is 0 Å². The second-order valence-corrected chi connectivity index (χ2v) is 6.38. The zero-order chi connectivity index (χ0) is 14.3. The number of carbonyl (C=O) groups is 1. The molecule has 2 fully saturated rings. The summed E-state index contributed by atoms with van der Waals surface area (Å²) in [5, 5.41) is 11.7. The summed E-state index contributed by atoms with van der Waals surface area (Å²) in [5.74, 6) is 0.214. The minimum Gasteiger partial charge on any atom is -0.342 e. The number of nitrogens with zero attached hydrogens (tertiary/aromatic N) is 2. The Morgan fingerprint density at radius 3 is 2.71 bits per heavy atom. The normalized spacial score (nSPS) is 20.7. The van der Waals surface area contributed by atoms with Gasteiger partial charge in [-0.15, -0.1) is 0 Å². The maximum Gasteiger partial charge on any atom is 0.228 e. The van der Waals surface area contributed by atoms with Crippen LogP contribution in [0.15, 0.2) is 24.3 Å². The molecule has 2 aliphatic heterocycles. The standard InChI is InChI=1S/C16H20N4O/c21-15(20-7-5-16(6-8-20)10-17-11-16)9-14-12-3-1-2-4-13(12)18-19-14/h1-4,17H,5-11H2,(H,18,19). The van der Waals surface area contributed by atoms with E-state index in [1.807, 2.05) is 29.2 Å². The van der Waals surface area contributed by atoms with Gasteiger partial charge < -0.3 is 10.2 Å². The Bertz CT molecular complexity index is 664. The molecule has 5 heteroatoms. The zero-order valence-electron chi connectivity index (χ0n) is 12.1. The molecule has 0 saturated carbocycles. The highest BCUT2D eigenvalue weighted by molar-refractivity contribution is 5.87. The van der Waals surface area contributed by atoms with Crippen LogP contribution in [0.2, 0.25) is 0 Å². The van der Waals surface area contributed by atoms with Gasteiger partial charge in [-0.05, 0) is 24.3 Å². The van der Waals surface area contributed by atoms with Crippen molar-refractivity contribution in [2.75, 3.05) is 26.2 Å². The third-order valence-electron chi connectivity index (χ3n) is 5.05. The molecular weight excluding hydrogens is 264 g/mol. The number of aromatic nitrogens is 2. The van der Waals surface area contributed by atoms with Crippen molar-refractivity contribution in [3.8, 4) is 0 Å². The van der Waals surface area contributed by atoms with Gasteiger partial charge in [0.25, 0.3) is 0 Å². The summed E-state index contributed by atoms with van der Waals surface area (Å²) in [6, 6.07) is 7.94. The Morgan fingerprint density at radius 2 is 2.00 bits per heavy atom. The average molecular weight is 284 g/mol. The largest absolute Gasteiger partial charge is 0.342 e. The number of aromatic amines is 1. The monoisotopic (exact) mass is 284 g/mol. The van der Waals surface area contributed by atoms with Crippen LogP contribution in [-0.4, -0.2) is 47.2 Å². The van der Waals surface area contributed by atoms with Gasteiger partial charge in [0.2, 0.25) is 5.91 Å². The van der Waals surface area contributed by atoms with E-state index in [9.17, 15) is 4.79 Å². The van der Waals surface area contributed by atoms with Gasteiger partial charge in [-0.2, -0.15) is 5.10 Å². The van der Waals surface area contributed by atoms with Gasteiger partial charge in [-0.1, -0.05) is 18.2 Å². The van der Waals surface area contributed by atoms with E-state index in [1.54, 1.807) is 0 Å². The number of carbonyl (C=O) groups excluding carboxylic acids is 1. The van der Waals surface area contributed by atoms with Gasteiger partial charge in [0.05, 0.1) is 17.6 Å². The van der Waals surface area contributed by atoms with Crippen LogP contribution in [0.25, 0.3) is 10.9 Å². The fraction of sp³-hybridized carbons (Fsp3) is 0.500. The fourth-order valence-electron chi connectivity index (χ4n) is 3.47. The number of H-pyrrole nitrogens is 1. The van der Waals surface area contributed by atoms with E-state index in [2.05, 4.69) is 15.5 Å². The van der Waals surface area contributed by atoms with Crippen LogP contribution >= 0.6 is 0 Å². The molecule has 0 bridgehead atoms. The molecule has 2 aromatic rings. The molecule has 1 aromatic carbocycles. The number of piperidine rings is 1. The molecule has 0 unspecified atom stereocenters. The second kappa shape index (κ2) is 4.84. The molecule has 5 nitrogen and oxygen atoms in total. The first kappa shape index (κ1) is 12.8. The van der Waals surface area contributed by atoms with E-state index in [4.69, 9.17) is 0 Å². The summed E-state index contributed by atoms with van der Waals surface area (Å²) in [4.78, 5) is 14.5. The number of likely N-dealkylation sites (tertiary alicyclic amines) is 1. The zero-order valence-corrected chi connectivity index (χ0v) is 12.1. The minimum absolute atomic E-state index is 0.214. The van der Waals surface area contributed by atoms with Gasteiger partial charge >= 0.3 is 0 Å². The Kier molecular flexibility index (Phi) is 2.96. The maximum absolute atomic E-state index is 12.5. The smallest absolute Gasteiger partial charge is 0.228 e. The molecule has 1 spiro atoms. The maximum atomic E-state index is 12.5. The first-order valence-electron chi connectivity index (χ1n) is 7.66. The van der Waals surface area contributed by atoms with Crippen molar-refractivity contribution in [1.82, 2.24) is 20.4 Å². The van der Waals surface area contributed by atoms with Crippen molar-refractivity contribution in [1.29, 1.82) is 0 Å². The molecule has 21 heavy (non-hydrogen) atoms. The summed E-state index contributed by atoms with van der Waals surface area (Å²) in [6.07, 6.45) is 2.69. The van der Waals surface area contributed by atoms with Crippen LogP contribution in [0.5, 0.6) is 0 Å². The summed E-state index contributed by atoms with van der Waals surface area (Å²) in [5.41, 5.74) is 2.34. The second-order valence-electron chi connectivity index (χ2n) is 6.38. The minimum atomic E-state index is 0.214. The molecule has 1 aromatic heterocycles. The Morgan fingerprint density at radius 1 is 1.24 bits per heavy atom. The third kappa shape index (κ3) is 2.21. The number of nitrogens with one attached hydrogen (secondary N) is 2. The van der Waals surface area contributed by atoms with Gasteiger partial charge in [0, 0.05) is 31.6 Å². The first-order chi connectivity index (χ1) is 10.3. The van der Waals surface area contributed by atoms with Crippen molar-refractivity contribution in [3.63, 3.8) is 0 Å². The fourth-order valence-corrected chi connectivity index (χ4v) is 3.47. The lowest BCUT2D eigenvalue weighted by Gasteiger charge is -2.48. The highest BCUT2D eigenvalue weighted by atomic mass is 16.2. The highest BCUT2D eigenvalue weighted by Gasteiger charge is 2.40. The molecule has 0 aliphatic carbocycles. The van der Waals surface area contributed by atoms with E-state index in [0.29, 0.717) is 11.8 Å². The molecule has 3 heterocycles. The molecule has 2 aliphatic rings. The van der Waals surface area contributed by atoms with Crippen molar-refractivity contribution in [3.05, 3.63) is 30.0 Å². The van der Waals surface area contributed by atoms with Crippen LogP contribution in [-0.2, 0) is 11.2 Å². The molecule has 0 radical (unpaired) electrons. The lowest BCUT2D eigenvalue weighted by molar-refractivity contribution is -0.133. The SMILES string of the molecule is O=C(Cc1[nH]nc2ccccc12)N1CCC2(CC1)CNC2. The molecule has 0 atom stereocenters. The Labute approximate surface area is 123 Å². The Balaban J connectivity index is 1.44. The highest BCUT2D eigenvalue weighted by Crippen LogP contribution is 2.35. The van der Waals surface area contributed by atoms with Crippen molar-refractivity contribution in [2.45, 2.75) is 19.3 Å².